The molecule has 9 heteroatoms. The third-order valence-corrected chi connectivity index (χ3v) is 10.8. The van der Waals surface area contributed by atoms with Crippen molar-refractivity contribution in [2.24, 2.45) is 5.41 Å². The van der Waals surface area contributed by atoms with Crippen molar-refractivity contribution in [1.82, 2.24) is 9.21 Å². The summed E-state index contributed by atoms with van der Waals surface area (Å²) < 4.78 is 32.9. The second kappa shape index (κ2) is 8.52. The van der Waals surface area contributed by atoms with E-state index in [9.17, 15) is 18.0 Å². The molecule has 5 rings (SSSR count). The number of carbonyl (C=O) groups excluding carboxylic acids is 2. The highest BCUT2D eigenvalue weighted by atomic mass is 32.2. The van der Waals surface area contributed by atoms with Gasteiger partial charge in [-0.15, -0.1) is 11.3 Å². The normalized spacial score (nSPS) is 22.6. The van der Waals surface area contributed by atoms with Crippen LogP contribution in [0.4, 0.5) is 0 Å². The van der Waals surface area contributed by atoms with E-state index in [0.717, 1.165) is 24.8 Å². The van der Waals surface area contributed by atoms with Crippen molar-refractivity contribution >= 4 is 33.1 Å². The van der Waals surface area contributed by atoms with E-state index in [1.165, 1.54) is 11.3 Å². The lowest BCUT2D eigenvalue weighted by Gasteiger charge is -2.38. The number of amides is 1. The molecule has 3 aliphatic rings. The van der Waals surface area contributed by atoms with Gasteiger partial charge in [-0.3, -0.25) is 9.59 Å². The Morgan fingerprint density at radius 3 is 2.64 bits per heavy atom. The van der Waals surface area contributed by atoms with Crippen LogP contribution in [0, 0.1) is 5.41 Å². The third kappa shape index (κ3) is 4.11. The number of hydrogen-bond acceptors (Lipinski definition) is 6. The molecule has 1 atom stereocenters. The van der Waals surface area contributed by atoms with Gasteiger partial charge in [-0.05, 0) is 59.9 Å². The molecular weight excluding hydrogens is 460 g/mol. The molecule has 1 spiro atoms. The van der Waals surface area contributed by atoms with Crippen LogP contribution in [0.25, 0.3) is 0 Å². The fraction of sp³-hybridized carbons (Fsp3) is 0.500. The number of methoxy groups -OCH3 is 1. The number of ketones is 1. The number of nitrogens with zero attached hydrogens (tertiary/aromatic N) is 2. The number of likely N-dealkylation sites (tertiary alicyclic amines) is 1. The summed E-state index contributed by atoms with van der Waals surface area (Å²) in [6, 6.07) is 8.88. The van der Waals surface area contributed by atoms with E-state index in [-0.39, 0.29) is 23.0 Å². The molecule has 7 nitrogen and oxygen atoms in total. The fourth-order valence-corrected chi connectivity index (χ4v) is 8.11. The Kier molecular flexibility index (Phi) is 5.83. The minimum atomic E-state index is -3.42. The summed E-state index contributed by atoms with van der Waals surface area (Å²) in [5, 5.41) is 1.78. The molecule has 2 fully saturated rings. The molecule has 0 saturated carbocycles. The van der Waals surface area contributed by atoms with E-state index >= 15 is 0 Å². The summed E-state index contributed by atoms with van der Waals surface area (Å²) in [6.07, 6.45) is 3.12. The lowest BCUT2D eigenvalue weighted by Crippen LogP contribution is -2.44. The first-order valence-corrected chi connectivity index (χ1v) is 13.7. The van der Waals surface area contributed by atoms with Gasteiger partial charge < -0.3 is 9.64 Å². The summed E-state index contributed by atoms with van der Waals surface area (Å²) in [6.45, 7) is 2.35. The Morgan fingerprint density at radius 2 is 1.94 bits per heavy atom. The number of Topliss-reactive ketones (excluding diaryl/α,β-unsaturated/α-hetero) is 1. The molecule has 1 amide bonds. The van der Waals surface area contributed by atoms with E-state index in [1.54, 1.807) is 41.1 Å². The molecular formula is C24H28N2O5S2. The van der Waals surface area contributed by atoms with E-state index in [2.05, 4.69) is 0 Å². The maximum absolute atomic E-state index is 13.2. The summed E-state index contributed by atoms with van der Waals surface area (Å²) in [5.41, 5.74) is 1.60. The molecule has 0 bridgehead atoms. The number of rotatable bonds is 5. The number of piperidine rings is 1. The van der Waals surface area contributed by atoms with Crippen molar-refractivity contribution in [3.63, 3.8) is 0 Å². The predicted molar refractivity (Wildman–Crippen MR) is 125 cm³/mol. The van der Waals surface area contributed by atoms with Gasteiger partial charge in [0.15, 0.2) is 5.78 Å². The number of thiophene rings is 1. The van der Waals surface area contributed by atoms with Crippen LogP contribution < -0.4 is 4.74 Å². The first-order valence-electron chi connectivity index (χ1n) is 11.3. The van der Waals surface area contributed by atoms with Gasteiger partial charge in [0.1, 0.15) is 9.96 Å². The Balaban J connectivity index is 1.21. The molecule has 1 aromatic carbocycles. The van der Waals surface area contributed by atoms with E-state index in [0.29, 0.717) is 54.5 Å². The minimum Gasteiger partial charge on any atom is -0.497 e. The van der Waals surface area contributed by atoms with Gasteiger partial charge in [0.2, 0.25) is 5.91 Å². The van der Waals surface area contributed by atoms with Crippen LogP contribution in [0.3, 0.4) is 0 Å². The first-order chi connectivity index (χ1) is 15.8. The van der Waals surface area contributed by atoms with Crippen molar-refractivity contribution in [3.05, 3.63) is 46.8 Å². The van der Waals surface area contributed by atoms with Gasteiger partial charge in [-0.1, -0.05) is 6.07 Å². The first kappa shape index (κ1) is 22.6. The lowest BCUT2D eigenvalue weighted by atomic mass is 9.78. The maximum atomic E-state index is 13.2. The second-order valence-corrected chi connectivity index (χ2v) is 12.5. The highest BCUT2D eigenvalue weighted by molar-refractivity contribution is 7.91. The van der Waals surface area contributed by atoms with Crippen molar-refractivity contribution < 1.29 is 22.7 Å². The maximum Gasteiger partial charge on any atom is 0.252 e. The zero-order valence-electron chi connectivity index (χ0n) is 18.7. The molecule has 33 heavy (non-hydrogen) atoms. The molecule has 2 aromatic rings. The van der Waals surface area contributed by atoms with Crippen molar-refractivity contribution in [1.29, 1.82) is 0 Å². The molecule has 3 heterocycles. The molecule has 1 unspecified atom stereocenters. The average Bonchev–Trinajstić information content (AvgIpc) is 3.55. The number of carbonyl (C=O) groups is 2. The average molecular weight is 489 g/mol. The molecule has 176 valence electrons. The molecule has 1 aromatic heterocycles. The summed E-state index contributed by atoms with van der Waals surface area (Å²) >= 11 is 1.25. The second-order valence-electron chi connectivity index (χ2n) is 9.38. The number of ether oxygens (including phenoxy) is 1. The van der Waals surface area contributed by atoms with Gasteiger partial charge in [0, 0.05) is 50.5 Å². The highest BCUT2D eigenvalue weighted by Gasteiger charge is 2.44. The van der Waals surface area contributed by atoms with E-state index < -0.39 is 10.0 Å². The quantitative estimate of drug-likeness (QED) is 0.643. The van der Waals surface area contributed by atoms with Crippen LogP contribution in [0.15, 0.2) is 39.9 Å². The molecule has 0 radical (unpaired) electrons. The SMILES string of the molecule is COc1ccc2c(c1)C(CC(=O)N1CCC3(CCN(S(=O)(=O)c4cccs4)CC3)C1)CC2=O. The van der Waals surface area contributed by atoms with E-state index in [1.807, 2.05) is 11.0 Å². The van der Waals surface area contributed by atoms with Crippen LogP contribution >= 0.6 is 11.3 Å². The number of hydrogen-bond donors (Lipinski definition) is 0. The molecule has 2 aliphatic heterocycles. The standard InChI is InChI=1S/C24H28N2O5S2/c1-31-18-4-5-19-20(15-18)17(13-21(19)27)14-22(28)25-9-6-24(16-25)7-10-26(11-8-24)33(29,30)23-3-2-12-32-23/h2-5,12,15,17H,6-11,13-14,16H2,1H3. The fourth-order valence-electron chi connectivity index (χ4n) is 5.52. The predicted octanol–water partition coefficient (Wildman–Crippen LogP) is 3.52. The van der Waals surface area contributed by atoms with Crippen LogP contribution in [0.5, 0.6) is 5.75 Å². The Hall–Kier alpha value is -2.23. The Morgan fingerprint density at radius 1 is 1.18 bits per heavy atom. The van der Waals surface area contributed by atoms with Crippen LogP contribution in [0.1, 0.15) is 53.9 Å². The minimum absolute atomic E-state index is 0.0102. The summed E-state index contributed by atoms with van der Waals surface area (Å²) in [5.74, 6) is 0.756. The zero-order valence-corrected chi connectivity index (χ0v) is 20.3. The third-order valence-electron chi connectivity index (χ3n) is 7.52. The Labute approximate surface area is 198 Å². The topological polar surface area (TPSA) is 84.0 Å². The summed E-state index contributed by atoms with van der Waals surface area (Å²) in [4.78, 5) is 27.5. The van der Waals surface area contributed by atoms with Crippen molar-refractivity contribution in [2.45, 2.75) is 42.2 Å². The van der Waals surface area contributed by atoms with Gasteiger partial charge in [-0.25, -0.2) is 8.42 Å². The van der Waals surface area contributed by atoms with Gasteiger partial charge in [0.25, 0.3) is 10.0 Å². The van der Waals surface area contributed by atoms with Crippen LogP contribution in [-0.4, -0.2) is 62.6 Å². The Bertz CT molecular complexity index is 1170. The number of sulfonamides is 1. The van der Waals surface area contributed by atoms with Crippen LogP contribution in [-0.2, 0) is 14.8 Å². The lowest BCUT2D eigenvalue weighted by molar-refractivity contribution is -0.131. The van der Waals surface area contributed by atoms with Gasteiger partial charge >= 0.3 is 0 Å². The molecule has 1 aliphatic carbocycles. The smallest absolute Gasteiger partial charge is 0.252 e. The number of fused-ring (bicyclic) bond motifs is 1. The monoisotopic (exact) mass is 488 g/mol. The zero-order chi connectivity index (χ0) is 23.2. The van der Waals surface area contributed by atoms with Gasteiger partial charge in [0.05, 0.1) is 7.11 Å². The summed E-state index contributed by atoms with van der Waals surface area (Å²) in [7, 11) is -1.82. The highest BCUT2D eigenvalue weighted by Crippen LogP contribution is 2.43. The van der Waals surface area contributed by atoms with Gasteiger partial charge in [-0.2, -0.15) is 4.31 Å². The largest absolute Gasteiger partial charge is 0.497 e. The van der Waals surface area contributed by atoms with Crippen molar-refractivity contribution in [2.75, 3.05) is 33.3 Å². The molecule has 2 saturated heterocycles. The van der Waals surface area contributed by atoms with Crippen LogP contribution in [0.2, 0.25) is 0 Å². The van der Waals surface area contributed by atoms with E-state index in [4.69, 9.17) is 4.74 Å². The molecule has 0 N–H and O–H groups in total. The number of benzene rings is 1. The van der Waals surface area contributed by atoms with Crippen molar-refractivity contribution in [3.8, 4) is 5.75 Å².